The molecule has 150 valence electrons. The van der Waals surface area contributed by atoms with Gasteiger partial charge in [-0.3, -0.25) is 0 Å². The van der Waals surface area contributed by atoms with Crippen molar-refractivity contribution in [3.63, 3.8) is 0 Å². The second kappa shape index (κ2) is 9.51. The van der Waals surface area contributed by atoms with Crippen molar-refractivity contribution in [2.45, 2.75) is 6.92 Å². The Kier molecular flexibility index (Phi) is 6.59. The van der Waals surface area contributed by atoms with Gasteiger partial charge in [0.25, 0.3) is 0 Å². The monoisotopic (exact) mass is 413 g/mol. The van der Waals surface area contributed by atoms with Crippen LogP contribution in [0.15, 0.2) is 53.6 Å². The maximum atomic E-state index is 10.7. The zero-order valence-electron chi connectivity index (χ0n) is 15.5. The van der Waals surface area contributed by atoms with Crippen LogP contribution in [0.2, 0.25) is 0 Å². The number of nitrogens with zero attached hydrogens (tertiary/aromatic N) is 3. The van der Waals surface area contributed by atoms with Crippen LogP contribution in [0, 0.1) is 4.77 Å². The Hall–Kier alpha value is -3.66. The summed E-state index contributed by atoms with van der Waals surface area (Å²) in [7, 11) is 0. The highest BCUT2D eigenvalue weighted by molar-refractivity contribution is 7.71. The second-order valence-corrected chi connectivity index (χ2v) is 6.11. The van der Waals surface area contributed by atoms with Gasteiger partial charge in [-0.1, -0.05) is 12.1 Å². The molecule has 0 spiro atoms. The van der Waals surface area contributed by atoms with Crippen molar-refractivity contribution in [2.24, 2.45) is 5.10 Å². The Bertz CT molecular complexity index is 1060. The summed E-state index contributed by atoms with van der Waals surface area (Å²) in [5.41, 5.74) is 4.25. The van der Waals surface area contributed by atoms with Crippen molar-refractivity contribution >= 4 is 24.4 Å². The predicted molar refractivity (Wildman–Crippen MR) is 111 cm³/mol. The molecule has 0 aliphatic rings. The van der Waals surface area contributed by atoms with Crippen LogP contribution in [0.1, 0.15) is 12.5 Å². The number of carboxylic acid groups (broad SMARTS) is 1. The van der Waals surface area contributed by atoms with Gasteiger partial charge in [0.1, 0.15) is 11.5 Å². The third-order valence-electron chi connectivity index (χ3n) is 3.73. The molecule has 10 heteroatoms. The van der Waals surface area contributed by atoms with E-state index in [2.05, 4.69) is 20.8 Å². The number of rotatable bonds is 9. The average molecular weight is 413 g/mol. The highest BCUT2D eigenvalue weighted by Crippen LogP contribution is 2.20. The molecule has 0 bridgehead atoms. The van der Waals surface area contributed by atoms with E-state index < -0.39 is 12.6 Å². The van der Waals surface area contributed by atoms with Gasteiger partial charge in [-0.15, -0.1) is 0 Å². The van der Waals surface area contributed by atoms with Crippen LogP contribution in [0.25, 0.3) is 11.4 Å². The number of benzene rings is 2. The molecule has 1 heterocycles. The summed E-state index contributed by atoms with van der Waals surface area (Å²) >= 11 is 5.26. The molecule has 29 heavy (non-hydrogen) atoms. The smallest absolute Gasteiger partial charge is 0.341 e. The summed E-state index contributed by atoms with van der Waals surface area (Å²) in [6, 6.07) is 14.4. The third kappa shape index (κ3) is 5.20. The summed E-state index contributed by atoms with van der Waals surface area (Å²) in [6.45, 7) is 2.07. The number of aromatic nitrogens is 3. The predicted octanol–water partition coefficient (Wildman–Crippen LogP) is 3.05. The van der Waals surface area contributed by atoms with Crippen molar-refractivity contribution in [3.05, 3.63) is 58.9 Å². The van der Waals surface area contributed by atoms with Gasteiger partial charge in [0.05, 0.1) is 12.8 Å². The quantitative estimate of drug-likeness (QED) is 0.281. The topological polar surface area (TPSA) is 114 Å². The maximum Gasteiger partial charge on any atom is 0.341 e. The maximum absolute atomic E-state index is 10.7. The Morgan fingerprint density at radius 3 is 2.76 bits per heavy atom. The number of carbonyl (C=O) groups is 1. The van der Waals surface area contributed by atoms with Gasteiger partial charge in [0.2, 0.25) is 4.77 Å². The molecule has 0 saturated carbocycles. The molecular weight excluding hydrogens is 394 g/mol. The van der Waals surface area contributed by atoms with E-state index >= 15 is 0 Å². The summed E-state index contributed by atoms with van der Waals surface area (Å²) in [4.78, 5) is 10.7. The van der Waals surface area contributed by atoms with Crippen LogP contribution in [0.4, 0.5) is 0 Å². The lowest BCUT2D eigenvalue weighted by atomic mass is 10.2. The van der Waals surface area contributed by atoms with E-state index in [0.29, 0.717) is 28.5 Å². The van der Waals surface area contributed by atoms with E-state index in [1.807, 2.05) is 31.2 Å². The molecule has 0 radical (unpaired) electrons. The Labute approximate surface area is 171 Å². The Morgan fingerprint density at radius 2 is 2.03 bits per heavy atom. The van der Waals surface area contributed by atoms with Gasteiger partial charge < -0.3 is 14.6 Å². The van der Waals surface area contributed by atoms with Gasteiger partial charge in [-0.2, -0.15) is 14.9 Å². The highest BCUT2D eigenvalue weighted by Gasteiger charge is 2.09. The van der Waals surface area contributed by atoms with E-state index in [1.54, 1.807) is 24.3 Å². The second-order valence-electron chi connectivity index (χ2n) is 5.72. The molecule has 0 aliphatic heterocycles. The number of H-pyrrole nitrogens is 1. The van der Waals surface area contributed by atoms with Gasteiger partial charge in [0, 0.05) is 11.1 Å². The lowest BCUT2D eigenvalue weighted by Crippen LogP contribution is -2.12. The molecule has 1 aromatic heterocycles. The number of aromatic amines is 1. The first-order chi connectivity index (χ1) is 14.1. The molecule has 0 aliphatic carbocycles. The van der Waals surface area contributed by atoms with Crippen LogP contribution >= 0.6 is 12.2 Å². The number of ether oxygens (including phenoxy) is 2. The summed E-state index contributed by atoms with van der Waals surface area (Å²) in [5, 5.41) is 19.9. The first kappa shape index (κ1) is 20.1. The van der Waals surface area contributed by atoms with E-state index in [9.17, 15) is 4.79 Å². The fourth-order valence-electron chi connectivity index (χ4n) is 2.46. The minimum absolute atomic E-state index is 0.335. The number of hydrogen-bond acceptors (Lipinski definition) is 7. The third-order valence-corrected chi connectivity index (χ3v) is 4.00. The van der Waals surface area contributed by atoms with Crippen LogP contribution < -0.4 is 15.0 Å². The molecule has 0 fully saturated rings. The average Bonchev–Trinajstić information content (AvgIpc) is 3.08. The number of carboxylic acids is 1. The minimum Gasteiger partial charge on any atom is -0.494 e. The van der Waals surface area contributed by atoms with E-state index in [4.69, 9.17) is 26.8 Å². The van der Waals surface area contributed by atoms with Crippen LogP contribution in [0.3, 0.4) is 0 Å². The van der Waals surface area contributed by atoms with Crippen LogP contribution in [0.5, 0.6) is 11.5 Å². The van der Waals surface area contributed by atoms with Crippen LogP contribution in [-0.2, 0) is 4.79 Å². The molecular formula is C19H19N5O4S. The number of hydrazone groups is 1. The number of hydrogen-bond donors (Lipinski definition) is 3. The largest absolute Gasteiger partial charge is 0.494 e. The molecule has 0 atom stereocenters. The summed E-state index contributed by atoms with van der Waals surface area (Å²) in [5.74, 6) is 0.661. The van der Waals surface area contributed by atoms with E-state index in [1.165, 1.54) is 10.9 Å². The van der Waals surface area contributed by atoms with Crippen LogP contribution in [-0.4, -0.2) is 45.4 Å². The number of aliphatic carboxylic acids is 1. The normalized spacial score (nSPS) is 10.8. The fourth-order valence-corrected chi connectivity index (χ4v) is 2.64. The molecule has 0 amide bonds. The zero-order chi connectivity index (χ0) is 20.6. The lowest BCUT2D eigenvalue weighted by molar-refractivity contribution is -0.139. The molecule has 9 nitrogen and oxygen atoms in total. The summed E-state index contributed by atoms with van der Waals surface area (Å²) < 4.78 is 12.6. The zero-order valence-corrected chi connectivity index (χ0v) is 16.3. The van der Waals surface area contributed by atoms with Gasteiger partial charge in [-0.25, -0.2) is 15.4 Å². The first-order valence-corrected chi connectivity index (χ1v) is 9.12. The SMILES string of the molecule is CCOc1ccc(-c2n[nH]c(=S)n2N/N=C/c2ccccc2OCC(=O)O)cc1. The first-order valence-electron chi connectivity index (χ1n) is 8.72. The molecule has 3 aromatic rings. The van der Waals surface area contributed by atoms with Gasteiger partial charge in [-0.05, 0) is 55.5 Å². The molecule has 3 rings (SSSR count). The van der Waals surface area contributed by atoms with Gasteiger partial charge >= 0.3 is 5.97 Å². The van der Waals surface area contributed by atoms with Crippen molar-refractivity contribution < 1.29 is 19.4 Å². The van der Waals surface area contributed by atoms with Crippen molar-refractivity contribution in [1.82, 2.24) is 14.9 Å². The van der Waals surface area contributed by atoms with E-state index in [0.717, 1.165) is 11.3 Å². The lowest BCUT2D eigenvalue weighted by Gasteiger charge is -2.08. The number of nitrogens with one attached hydrogen (secondary N) is 2. The van der Waals surface area contributed by atoms with E-state index in [-0.39, 0.29) is 0 Å². The molecule has 3 N–H and O–H groups in total. The molecule has 0 unspecified atom stereocenters. The fraction of sp³-hybridized carbons (Fsp3) is 0.158. The Balaban J connectivity index is 1.78. The minimum atomic E-state index is -1.06. The number of para-hydroxylation sites is 1. The molecule has 2 aromatic carbocycles. The van der Waals surface area contributed by atoms with Gasteiger partial charge in [0.15, 0.2) is 12.4 Å². The standard InChI is InChI=1S/C19H19N5O4S/c1-2-27-15-9-7-13(8-10-15)18-21-22-19(29)24(18)23-20-11-14-5-3-4-6-16(14)28-12-17(25)26/h3-11,23H,2,12H2,1H3,(H,22,29)(H,25,26)/b20-11+. The Morgan fingerprint density at radius 1 is 1.28 bits per heavy atom. The summed E-state index contributed by atoms with van der Waals surface area (Å²) in [6.07, 6.45) is 1.51. The van der Waals surface area contributed by atoms with Crippen molar-refractivity contribution in [2.75, 3.05) is 18.7 Å². The van der Waals surface area contributed by atoms with Crippen molar-refractivity contribution in [1.29, 1.82) is 0 Å². The van der Waals surface area contributed by atoms with Crippen molar-refractivity contribution in [3.8, 4) is 22.9 Å². The highest BCUT2D eigenvalue weighted by atomic mass is 32.1. The molecule has 0 saturated heterocycles.